The van der Waals surface area contributed by atoms with Crippen molar-refractivity contribution in [1.29, 1.82) is 0 Å². The van der Waals surface area contributed by atoms with Gasteiger partial charge in [0.25, 0.3) is 0 Å². The molecule has 74 valence electrons. The van der Waals surface area contributed by atoms with E-state index in [9.17, 15) is 4.79 Å². The summed E-state index contributed by atoms with van der Waals surface area (Å²) in [6.45, 7) is 4.07. The molecule has 2 heterocycles. The summed E-state index contributed by atoms with van der Waals surface area (Å²) in [6, 6.07) is 0.930. The van der Waals surface area contributed by atoms with Crippen molar-refractivity contribution >= 4 is 5.91 Å². The molecule has 3 heteroatoms. The molecule has 2 saturated heterocycles. The highest BCUT2D eigenvalue weighted by atomic mass is 16.2. The third kappa shape index (κ3) is 1.57. The molecule has 1 amide bonds. The van der Waals surface area contributed by atoms with E-state index in [1.54, 1.807) is 0 Å². The molecule has 0 bridgehead atoms. The lowest BCUT2D eigenvalue weighted by atomic mass is 9.99. The molecule has 0 aromatic heterocycles. The van der Waals surface area contributed by atoms with Crippen LogP contribution >= 0.6 is 0 Å². The number of amides is 1. The van der Waals surface area contributed by atoms with Crippen LogP contribution in [0.1, 0.15) is 32.6 Å². The van der Waals surface area contributed by atoms with Gasteiger partial charge in [-0.2, -0.15) is 0 Å². The van der Waals surface area contributed by atoms with Crippen molar-refractivity contribution in [3.05, 3.63) is 0 Å². The SMILES string of the molecule is CCNC1CC(=O)N2CCCCC12. The van der Waals surface area contributed by atoms with Crippen LogP contribution in [0.2, 0.25) is 0 Å². The van der Waals surface area contributed by atoms with Crippen LogP contribution in [0.4, 0.5) is 0 Å². The number of nitrogens with zero attached hydrogens (tertiary/aromatic N) is 1. The van der Waals surface area contributed by atoms with E-state index in [1.807, 2.05) is 0 Å². The molecule has 2 unspecified atom stereocenters. The fraction of sp³-hybridized carbons (Fsp3) is 0.900. The molecule has 0 radical (unpaired) electrons. The summed E-state index contributed by atoms with van der Waals surface area (Å²) < 4.78 is 0. The lowest BCUT2D eigenvalue weighted by Gasteiger charge is -2.32. The number of fused-ring (bicyclic) bond motifs is 1. The van der Waals surface area contributed by atoms with Crippen molar-refractivity contribution in [3.8, 4) is 0 Å². The topological polar surface area (TPSA) is 32.3 Å². The first kappa shape index (κ1) is 9.00. The number of likely N-dealkylation sites (N-methyl/N-ethyl adjacent to an activating group) is 1. The zero-order valence-corrected chi connectivity index (χ0v) is 8.25. The summed E-state index contributed by atoms with van der Waals surface area (Å²) in [5.41, 5.74) is 0. The second-order valence-corrected chi connectivity index (χ2v) is 4.02. The maximum atomic E-state index is 11.6. The van der Waals surface area contributed by atoms with Crippen molar-refractivity contribution in [1.82, 2.24) is 10.2 Å². The summed E-state index contributed by atoms with van der Waals surface area (Å²) in [5, 5.41) is 3.41. The zero-order chi connectivity index (χ0) is 9.26. The lowest BCUT2D eigenvalue weighted by molar-refractivity contribution is -0.129. The highest BCUT2D eigenvalue weighted by molar-refractivity contribution is 5.80. The fourth-order valence-corrected chi connectivity index (χ4v) is 2.60. The average molecular weight is 182 g/mol. The Morgan fingerprint density at radius 3 is 3.15 bits per heavy atom. The van der Waals surface area contributed by atoms with Gasteiger partial charge < -0.3 is 10.2 Å². The Labute approximate surface area is 79.5 Å². The van der Waals surface area contributed by atoms with Crippen molar-refractivity contribution in [2.45, 2.75) is 44.7 Å². The third-order valence-corrected chi connectivity index (χ3v) is 3.19. The molecular weight excluding hydrogens is 164 g/mol. The molecule has 3 nitrogen and oxygen atoms in total. The van der Waals surface area contributed by atoms with E-state index in [1.165, 1.54) is 19.3 Å². The van der Waals surface area contributed by atoms with Gasteiger partial charge in [0.2, 0.25) is 5.91 Å². The molecule has 0 spiro atoms. The van der Waals surface area contributed by atoms with Crippen molar-refractivity contribution < 1.29 is 4.79 Å². The van der Waals surface area contributed by atoms with E-state index in [4.69, 9.17) is 0 Å². The van der Waals surface area contributed by atoms with E-state index in [0.717, 1.165) is 19.5 Å². The van der Waals surface area contributed by atoms with Crippen LogP contribution in [0, 0.1) is 0 Å². The smallest absolute Gasteiger partial charge is 0.224 e. The molecule has 2 fully saturated rings. The van der Waals surface area contributed by atoms with E-state index >= 15 is 0 Å². The van der Waals surface area contributed by atoms with Gasteiger partial charge in [0.05, 0.1) is 0 Å². The molecule has 0 aromatic rings. The first-order valence-electron chi connectivity index (χ1n) is 5.35. The number of nitrogens with one attached hydrogen (secondary N) is 1. The largest absolute Gasteiger partial charge is 0.338 e. The van der Waals surface area contributed by atoms with E-state index in [0.29, 0.717) is 18.0 Å². The number of carbonyl (C=O) groups excluding carboxylic acids is 1. The van der Waals surface area contributed by atoms with Crippen LogP contribution in [0.25, 0.3) is 0 Å². The molecular formula is C10H18N2O. The Morgan fingerprint density at radius 2 is 2.38 bits per heavy atom. The molecule has 2 aliphatic heterocycles. The maximum Gasteiger partial charge on any atom is 0.224 e. The minimum absolute atomic E-state index is 0.357. The number of hydrogen-bond acceptors (Lipinski definition) is 2. The van der Waals surface area contributed by atoms with Crippen LogP contribution in [0.3, 0.4) is 0 Å². The van der Waals surface area contributed by atoms with Gasteiger partial charge in [0, 0.05) is 25.0 Å². The van der Waals surface area contributed by atoms with Crippen LogP contribution in [0.15, 0.2) is 0 Å². The van der Waals surface area contributed by atoms with Gasteiger partial charge in [-0.1, -0.05) is 6.92 Å². The fourth-order valence-electron chi connectivity index (χ4n) is 2.60. The molecule has 2 aliphatic rings. The highest BCUT2D eigenvalue weighted by Gasteiger charge is 2.39. The molecule has 2 rings (SSSR count). The Kier molecular flexibility index (Phi) is 2.54. The van der Waals surface area contributed by atoms with Gasteiger partial charge in [0.1, 0.15) is 0 Å². The van der Waals surface area contributed by atoms with E-state index in [2.05, 4.69) is 17.1 Å². The van der Waals surface area contributed by atoms with Crippen molar-refractivity contribution in [2.24, 2.45) is 0 Å². The van der Waals surface area contributed by atoms with Gasteiger partial charge >= 0.3 is 0 Å². The molecule has 2 atom stereocenters. The minimum atomic E-state index is 0.357. The summed E-state index contributed by atoms with van der Waals surface area (Å²) >= 11 is 0. The lowest BCUT2D eigenvalue weighted by Crippen LogP contribution is -2.45. The summed E-state index contributed by atoms with van der Waals surface area (Å²) in [4.78, 5) is 13.7. The minimum Gasteiger partial charge on any atom is -0.338 e. The van der Waals surface area contributed by atoms with Crippen LogP contribution in [-0.4, -0.2) is 36.0 Å². The second kappa shape index (κ2) is 3.66. The third-order valence-electron chi connectivity index (χ3n) is 3.19. The second-order valence-electron chi connectivity index (χ2n) is 4.02. The molecule has 0 aromatic carbocycles. The zero-order valence-electron chi connectivity index (χ0n) is 8.25. The standard InChI is InChI=1S/C10H18N2O/c1-2-11-8-7-10(13)12-6-4-3-5-9(8)12/h8-9,11H,2-7H2,1H3. The Balaban J connectivity index is 2.04. The molecule has 13 heavy (non-hydrogen) atoms. The number of hydrogen-bond donors (Lipinski definition) is 1. The van der Waals surface area contributed by atoms with Crippen LogP contribution in [0.5, 0.6) is 0 Å². The normalized spacial score (nSPS) is 33.6. The summed E-state index contributed by atoms with van der Waals surface area (Å²) in [7, 11) is 0. The summed E-state index contributed by atoms with van der Waals surface area (Å²) in [6.07, 6.45) is 4.40. The molecule has 1 N–H and O–H groups in total. The monoisotopic (exact) mass is 182 g/mol. The van der Waals surface area contributed by atoms with E-state index < -0.39 is 0 Å². The van der Waals surface area contributed by atoms with Crippen LogP contribution < -0.4 is 5.32 Å². The maximum absolute atomic E-state index is 11.6. The van der Waals surface area contributed by atoms with Gasteiger partial charge in [-0.05, 0) is 25.8 Å². The number of rotatable bonds is 2. The Bertz CT molecular complexity index is 205. The predicted molar refractivity (Wildman–Crippen MR) is 51.4 cm³/mol. The van der Waals surface area contributed by atoms with Gasteiger partial charge in [0.15, 0.2) is 0 Å². The first-order valence-corrected chi connectivity index (χ1v) is 5.35. The predicted octanol–water partition coefficient (Wildman–Crippen LogP) is 0.749. The quantitative estimate of drug-likeness (QED) is 0.683. The van der Waals surface area contributed by atoms with Gasteiger partial charge in [-0.25, -0.2) is 0 Å². The molecule has 0 saturated carbocycles. The van der Waals surface area contributed by atoms with Crippen molar-refractivity contribution in [2.75, 3.05) is 13.1 Å². The van der Waals surface area contributed by atoms with Crippen LogP contribution in [-0.2, 0) is 4.79 Å². The molecule has 0 aliphatic carbocycles. The van der Waals surface area contributed by atoms with Crippen molar-refractivity contribution in [3.63, 3.8) is 0 Å². The first-order chi connectivity index (χ1) is 6.33. The Hall–Kier alpha value is -0.570. The number of carbonyl (C=O) groups is 1. The van der Waals surface area contributed by atoms with E-state index in [-0.39, 0.29) is 0 Å². The average Bonchev–Trinajstić information content (AvgIpc) is 2.46. The highest BCUT2D eigenvalue weighted by Crippen LogP contribution is 2.27. The number of piperidine rings is 1. The van der Waals surface area contributed by atoms with Gasteiger partial charge in [-0.15, -0.1) is 0 Å². The van der Waals surface area contributed by atoms with Gasteiger partial charge in [-0.3, -0.25) is 4.79 Å². The summed E-state index contributed by atoms with van der Waals surface area (Å²) in [5.74, 6) is 0.357. The Morgan fingerprint density at radius 1 is 1.54 bits per heavy atom.